The number of ether oxygens (including phenoxy) is 2. The summed E-state index contributed by atoms with van der Waals surface area (Å²) < 4.78 is 24.8. The molecule has 4 heteroatoms. The number of halogens is 1. The van der Waals surface area contributed by atoms with Crippen molar-refractivity contribution in [3.63, 3.8) is 0 Å². The van der Waals surface area contributed by atoms with Crippen LogP contribution in [0, 0.1) is 11.8 Å². The molecule has 1 aromatic carbocycles. The molecule has 116 valence electrons. The number of aliphatic hydroxyl groups excluding tert-OH is 1. The largest absolute Gasteiger partial charge is 0.496 e. The average Bonchev–Trinajstić information content (AvgIpc) is 3.01. The van der Waals surface area contributed by atoms with Crippen LogP contribution in [-0.4, -0.2) is 31.1 Å². The average molecular weight is 294 g/mol. The molecule has 1 N–H and O–H groups in total. The van der Waals surface area contributed by atoms with Crippen LogP contribution in [0.15, 0.2) is 24.3 Å². The summed E-state index contributed by atoms with van der Waals surface area (Å²) in [5.41, 5.74) is 0.878. The standard InChI is InChI=1S/C17H23FO3/c1-20-16-5-3-2-4-15(16)17(10-19)21-14-8-11-6-13(18)7-12(11)9-14/h2-5,11-14,17,19H,6-10H2,1H3/t11-,12+,13?,14?,17?. The molecule has 0 aromatic heterocycles. The van der Waals surface area contributed by atoms with E-state index in [1.54, 1.807) is 7.11 Å². The van der Waals surface area contributed by atoms with Gasteiger partial charge in [-0.1, -0.05) is 18.2 Å². The summed E-state index contributed by atoms with van der Waals surface area (Å²) in [4.78, 5) is 0. The lowest BCUT2D eigenvalue weighted by atomic mass is 10.0. The van der Waals surface area contributed by atoms with Crippen LogP contribution in [0.1, 0.15) is 37.4 Å². The van der Waals surface area contributed by atoms with E-state index >= 15 is 0 Å². The van der Waals surface area contributed by atoms with Crippen molar-refractivity contribution in [3.05, 3.63) is 29.8 Å². The molecule has 2 aliphatic carbocycles. The number of hydrogen-bond donors (Lipinski definition) is 1. The molecule has 1 aromatic rings. The van der Waals surface area contributed by atoms with Gasteiger partial charge in [0, 0.05) is 5.56 Å². The zero-order valence-corrected chi connectivity index (χ0v) is 12.4. The van der Waals surface area contributed by atoms with Crippen LogP contribution in [0.2, 0.25) is 0 Å². The highest BCUT2D eigenvalue weighted by atomic mass is 19.1. The Morgan fingerprint density at radius 3 is 2.48 bits per heavy atom. The molecule has 0 saturated heterocycles. The number of fused-ring (bicyclic) bond motifs is 1. The van der Waals surface area contributed by atoms with E-state index in [0.717, 1.165) is 24.2 Å². The third-order valence-corrected chi connectivity index (χ3v) is 4.92. The Morgan fingerprint density at radius 2 is 1.86 bits per heavy atom. The molecule has 0 heterocycles. The van der Waals surface area contributed by atoms with Gasteiger partial charge in [0.05, 0.1) is 19.8 Å². The molecule has 2 fully saturated rings. The summed E-state index contributed by atoms with van der Waals surface area (Å²) >= 11 is 0. The predicted molar refractivity (Wildman–Crippen MR) is 78.0 cm³/mol. The number of benzene rings is 1. The number of para-hydroxylation sites is 1. The van der Waals surface area contributed by atoms with Crippen molar-refractivity contribution in [3.8, 4) is 5.75 Å². The van der Waals surface area contributed by atoms with Crippen LogP contribution >= 0.6 is 0 Å². The van der Waals surface area contributed by atoms with E-state index in [1.807, 2.05) is 24.3 Å². The lowest BCUT2D eigenvalue weighted by Crippen LogP contribution is -2.18. The smallest absolute Gasteiger partial charge is 0.124 e. The molecule has 21 heavy (non-hydrogen) atoms. The Bertz CT molecular complexity index is 465. The van der Waals surface area contributed by atoms with Crippen molar-refractivity contribution in [2.24, 2.45) is 11.8 Å². The SMILES string of the molecule is COc1ccccc1C(CO)OC1C[C@H]2CC(F)C[C@H]2C1. The minimum atomic E-state index is -0.621. The first-order chi connectivity index (χ1) is 10.2. The number of aliphatic hydroxyl groups is 1. The first-order valence-electron chi connectivity index (χ1n) is 7.74. The summed E-state index contributed by atoms with van der Waals surface area (Å²) in [5, 5.41) is 9.66. The second-order valence-electron chi connectivity index (χ2n) is 6.23. The van der Waals surface area contributed by atoms with E-state index in [4.69, 9.17) is 9.47 Å². The second-order valence-corrected chi connectivity index (χ2v) is 6.23. The predicted octanol–water partition coefficient (Wildman–Crippen LogP) is 3.27. The number of hydrogen-bond acceptors (Lipinski definition) is 3. The molecule has 0 amide bonds. The maximum Gasteiger partial charge on any atom is 0.124 e. The molecule has 3 unspecified atom stereocenters. The van der Waals surface area contributed by atoms with Crippen LogP contribution in [0.5, 0.6) is 5.75 Å². The van der Waals surface area contributed by atoms with E-state index < -0.39 is 6.17 Å². The lowest BCUT2D eigenvalue weighted by molar-refractivity contribution is -0.0425. The van der Waals surface area contributed by atoms with Crippen molar-refractivity contribution < 1.29 is 19.0 Å². The van der Waals surface area contributed by atoms with Crippen LogP contribution in [0.25, 0.3) is 0 Å². The summed E-state index contributed by atoms with van der Waals surface area (Å²) in [6.07, 6.45) is 2.32. The molecule has 2 aliphatic rings. The number of alkyl halides is 1. The van der Waals surface area contributed by atoms with E-state index in [9.17, 15) is 9.50 Å². The summed E-state index contributed by atoms with van der Waals surface area (Å²) in [6, 6.07) is 7.62. The van der Waals surface area contributed by atoms with Crippen LogP contribution in [-0.2, 0) is 4.74 Å². The van der Waals surface area contributed by atoms with Crippen molar-refractivity contribution in [1.82, 2.24) is 0 Å². The monoisotopic (exact) mass is 294 g/mol. The Balaban J connectivity index is 1.66. The second kappa shape index (κ2) is 6.32. The topological polar surface area (TPSA) is 38.7 Å². The highest BCUT2D eigenvalue weighted by Crippen LogP contribution is 2.47. The summed E-state index contributed by atoms with van der Waals surface area (Å²) in [6.45, 7) is -0.0715. The maximum atomic E-state index is 13.4. The van der Waals surface area contributed by atoms with Crippen molar-refractivity contribution >= 4 is 0 Å². The molecule has 0 spiro atoms. The van der Waals surface area contributed by atoms with Crippen LogP contribution in [0.3, 0.4) is 0 Å². The molecular formula is C17H23FO3. The molecule has 5 atom stereocenters. The summed E-state index contributed by atoms with van der Waals surface area (Å²) in [7, 11) is 1.62. The van der Waals surface area contributed by atoms with Gasteiger partial charge >= 0.3 is 0 Å². The van der Waals surface area contributed by atoms with E-state index in [0.29, 0.717) is 24.7 Å². The molecule has 3 nitrogen and oxygen atoms in total. The quantitative estimate of drug-likeness (QED) is 0.906. The van der Waals surface area contributed by atoms with Gasteiger partial charge in [0.15, 0.2) is 0 Å². The van der Waals surface area contributed by atoms with E-state index in [2.05, 4.69) is 0 Å². The fourth-order valence-electron chi connectivity index (χ4n) is 3.98. The van der Waals surface area contributed by atoms with Gasteiger partial charge in [0.25, 0.3) is 0 Å². The molecule has 3 rings (SSSR count). The molecule has 0 aliphatic heterocycles. The zero-order valence-electron chi connectivity index (χ0n) is 12.4. The van der Waals surface area contributed by atoms with E-state index in [-0.39, 0.29) is 18.8 Å². The third kappa shape index (κ3) is 3.06. The van der Waals surface area contributed by atoms with E-state index in [1.165, 1.54) is 0 Å². The Labute approximate surface area is 125 Å². The Hall–Kier alpha value is -1.13. The highest BCUT2D eigenvalue weighted by molar-refractivity contribution is 5.35. The van der Waals surface area contributed by atoms with Crippen molar-refractivity contribution in [2.75, 3.05) is 13.7 Å². The van der Waals surface area contributed by atoms with Gasteiger partial charge in [-0.25, -0.2) is 4.39 Å². The third-order valence-electron chi connectivity index (χ3n) is 4.92. The first kappa shape index (κ1) is 14.8. The molecular weight excluding hydrogens is 271 g/mol. The fourth-order valence-corrected chi connectivity index (χ4v) is 3.98. The van der Waals surface area contributed by atoms with Gasteiger partial charge in [-0.2, -0.15) is 0 Å². The minimum absolute atomic E-state index is 0.0715. The normalized spacial score (nSPS) is 32.9. The lowest BCUT2D eigenvalue weighted by Gasteiger charge is -2.23. The van der Waals surface area contributed by atoms with Crippen molar-refractivity contribution in [2.45, 2.75) is 44.1 Å². The van der Waals surface area contributed by atoms with Crippen LogP contribution in [0.4, 0.5) is 4.39 Å². The number of rotatable bonds is 5. The van der Waals surface area contributed by atoms with Gasteiger partial charge in [-0.3, -0.25) is 0 Å². The highest BCUT2D eigenvalue weighted by Gasteiger charge is 2.43. The van der Waals surface area contributed by atoms with Gasteiger partial charge < -0.3 is 14.6 Å². The van der Waals surface area contributed by atoms with Gasteiger partial charge in [0.2, 0.25) is 0 Å². The minimum Gasteiger partial charge on any atom is -0.496 e. The first-order valence-corrected chi connectivity index (χ1v) is 7.74. The number of methoxy groups -OCH3 is 1. The molecule has 0 bridgehead atoms. The van der Waals surface area contributed by atoms with Gasteiger partial charge in [-0.05, 0) is 43.6 Å². The zero-order chi connectivity index (χ0) is 14.8. The maximum absolute atomic E-state index is 13.4. The van der Waals surface area contributed by atoms with Crippen LogP contribution < -0.4 is 4.74 Å². The summed E-state index contributed by atoms with van der Waals surface area (Å²) in [5.74, 6) is 1.66. The Kier molecular flexibility index (Phi) is 4.45. The fraction of sp³-hybridized carbons (Fsp3) is 0.647. The van der Waals surface area contributed by atoms with Crippen molar-refractivity contribution in [1.29, 1.82) is 0 Å². The Morgan fingerprint density at radius 1 is 1.19 bits per heavy atom. The van der Waals surface area contributed by atoms with Gasteiger partial charge in [0.1, 0.15) is 18.0 Å². The van der Waals surface area contributed by atoms with Gasteiger partial charge in [-0.15, -0.1) is 0 Å². The molecule has 2 saturated carbocycles. The molecule has 0 radical (unpaired) electrons.